The van der Waals surface area contributed by atoms with Gasteiger partial charge < -0.3 is 14.6 Å². The zero-order chi connectivity index (χ0) is 16.2. The summed E-state index contributed by atoms with van der Waals surface area (Å²) in [5.41, 5.74) is 2.41. The number of likely N-dealkylation sites (tertiary alicyclic amines) is 1. The molecule has 2 aliphatic rings. The average molecular weight is 319 g/mol. The summed E-state index contributed by atoms with van der Waals surface area (Å²) < 4.78 is 11.6. The first kappa shape index (κ1) is 16.7. The number of aryl methyl sites for hydroxylation is 2. The van der Waals surface area contributed by atoms with Gasteiger partial charge in [0.05, 0.1) is 12.7 Å². The Morgan fingerprint density at radius 2 is 2.17 bits per heavy atom. The van der Waals surface area contributed by atoms with Gasteiger partial charge in [-0.2, -0.15) is 0 Å². The zero-order valence-electron chi connectivity index (χ0n) is 14.3. The van der Waals surface area contributed by atoms with E-state index in [4.69, 9.17) is 9.47 Å². The van der Waals surface area contributed by atoms with Crippen molar-refractivity contribution in [1.82, 2.24) is 4.90 Å². The molecule has 0 bridgehead atoms. The number of nitrogens with zero attached hydrogens (tertiary/aromatic N) is 1. The second kappa shape index (κ2) is 7.65. The van der Waals surface area contributed by atoms with Crippen molar-refractivity contribution in [3.63, 3.8) is 0 Å². The van der Waals surface area contributed by atoms with Crippen LogP contribution in [0.15, 0.2) is 18.2 Å². The minimum absolute atomic E-state index is 0.214. The highest BCUT2D eigenvalue weighted by atomic mass is 16.5. The van der Waals surface area contributed by atoms with E-state index in [0.29, 0.717) is 25.9 Å². The SMILES string of the molecule is Cc1ccc(C)c(OCCN2CCC[C@@H]2[C@@H]2COCC[C@@H]2O)c1. The molecule has 128 valence electrons. The smallest absolute Gasteiger partial charge is 0.122 e. The van der Waals surface area contributed by atoms with Gasteiger partial charge in [0, 0.05) is 25.1 Å². The van der Waals surface area contributed by atoms with Crippen LogP contribution in [0.2, 0.25) is 0 Å². The number of aliphatic hydroxyl groups excluding tert-OH is 1. The monoisotopic (exact) mass is 319 g/mol. The van der Waals surface area contributed by atoms with E-state index in [1.54, 1.807) is 0 Å². The molecule has 2 heterocycles. The van der Waals surface area contributed by atoms with Gasteiger partial charge in [-0.1, -0.05) is 12.1 Å². The molecule has 1 aromatic carbocycles. The summed E-state index contributed by atoms with van der Waals surface area (Å²) >= 11 is 0. The summed E-state index contributed by atoms with van der Waals surface area (Å²) in [6.45, 7) is 8.28. The molecular weight excluding hydrogens is 290 g/mol. The lowest BCUT2D eigenvalue weighted by Crippen LogP contribution is -2.47. The molecule has 1 aromatic rings. The highest BCUT2D eigenvalue weighted by molar-refractivity contribution is 5.35. The Morgan fingerprint density at radius 3 is 3.00 bits per heavy atom. The zero-order valence-corrected chi connectivity index (χ0v) is 14.3. The molecule has 0 radical (unpaired) electrons. The van der Waals surface area contributed by atoms with Gasteiger partial charge in [-0.05, 0) is 56.8 Å². The topological polar surface area (TPSA) is 41.9 Å². The van der Waals surface area contributed by atoms with E-state index < -0.39 is 0 Å². The van der Waals surface area contributed by atoms with Gasteiger partial charge in [0.15, 0.2) is 0 Å². The van der Waals surface area contributed by atoms with E-state index in [1.165, 1.54) is 17.5 Å². The molecule has 2 aliphatic heterocycles. The predicted octanol–water partition coefficient (Wildman–Crippen LogP) is 2.54. The number of benzene rings is 1. The van der Waals surface area contributed by atoms with Crippen molar-refractivity contribution in [2.45, 2.75) is 45.3 Å². The first-order valence-corrected chi connectivity index (χ1v) is 8.85. The molecule has 4 nitrogen and oxygen atoms in total. The van der Waals surface area contributed by atoms with Gasteiger partial charge in [-0.15, -0.1) is 0 Å². The van der Waals surface area contributed by atoms with Gasteiger partial charge in [0.2, 0.25) is 0 Å². The number of rotatable bonds is 5. The molecule has 4 heteroatoms. The van der Waals surface area contributed by atoms with Crippen LogP contribution in [0.25, 0.3) is 0 Å². The largest absolute Gasteiger partial charge is 0.492 e. The van der Waals surface area contributed by atoms with Crippen LogP contribution in [-0.4, -0.2) is 55.1 Å². The molecule has 0 aliphatic carbocycles. The lowest BCUT2D eigenvalue weighted by Gasteiger charge is -2.37. The Labute approximate surface area is 139 Å². The number of hydrogen-bond donors (Lipinski definition) is 1. The first-order chi connectivity index (χ1) is 11.1. The molecule has 0 unspecified atom stereocenters. The minimum Gasteiger partial charge on any atom is -0.492 e. The van der Waals surface area contributed by atoms with E-state index in [0.717, 1.165) is 31.7 Å². The van der Waals surface area contributed by atoms with Crippen molar-refractivity contribution in [2.75, 3.05) is 32.9 Å². The number of ether oxygens (including phenoxy) is 2. The summed E-state index contributed by atoms with van der Waals surface area (Å²) in [6.07, 6.45) is 2.93. The Hall–Kier alpha value is -1.10. The van der Waals surface area contributed by atoms with Crippen molar-refractivity contribution < 1.29 is 14.6 Å². The second-order valence-corrected chi connectivity index (χ2v) is 6.96. The van der Waals surface area contributed by atoms with Gasteiger partial charge in [0.1, 0.15) is 12.4 Å². The summed E-state index contributed by atoms with van der Waals surface area (Å²) in [7, 11) is 0. The Balaban J connectivity index is 1.53. The van der Waals surface area contributed by atoms with Gasteiger partial charge >= 0.3 is 0 Å². The lowest BCUT2D eigenvalue weighted by molar-refractivity contribution is -0.0634. The highest BCUT2D eigenvalue weighted by Gasteiger charge is 2.37. The number of aliphatic hydroxyl groups is 1. The highest BCUT2D eigenvalue weighted by Crippen LogP contribution is 2.29. The summed E-state index contributed by atoms with van der Waals surface area (Å²) in [5.74, 6) is 1.24. The fraction of sp³-hybridized carbons (Fsp3) is 0.684. The lowest BCUT2D eigenvalue weighted by atomic mass is 9.89. The van der Waals surface area contributed by atoms with Crippen LogP contribution in [-0.2, 0) is 4.74 Å². The van der Waals surface area contributed by atoms with Crippen molar-refractivity contribution in [3.05, 3.63) is 29.3 Å². The van der Waals surface area contributed by atoms with Crippen LogP contribution in [0.5, 0.6) is 5.75 Å². The third-order valence-electron chi connectivity index (χ3n) is 5.25. The standard InChI is InChI=1S/C19H29NO3/c1-14-5-6-15(2)19(12-14)23-11-9-20-8-3-4-17(20)16-13-22-10-7-18(16)21/h5-6,12,16-18,21H,3-4,7-11,13H2,1-2H3/t16-,17+,18-/m0/s1. The van der Waals surface area contributed by atoms with Crippen molar-refractivity contribution in [1.29, 1.82) is 0 Å². The minimum atomic E-state index is -0.214. The van der Waals surface area contributed by atoms with Crippen LogP contribution in [0, 0.1) is 19.8 Å². The van der Waals surface area contributed by atoms with Crippen LogP contribution in [0.1, 0.15) is 30.4 Å². The maximum Gasteiger partial charge on any atom is 0.122 e. The van der Waals surface area contributed by atoms with Gasteiger partial charge in [-0.3, -0.25) is 4.90 Å². The molecule has 0 spiro atoms. The third-order valence-corrected chi connectivity index (χ3v) is 5.25. The Bertz CT molecular complexity index is 519. The van der Waals surface area contributed by atoms with Crippen molar-refractivity contribution in [3.8, 4) is 5.75 Å². The molecule has 2 saturated heterocycles. The maximum absolute atomic E-state index is 10.3. The molecule has 0 amide bonds. The molecule has 0 aromatic heterocycles. The van der Waals surface area contributed by atoms with E-state index in [2.05, 4.69) is 36.9 Å². The van der Waals surface area contributed by atoms with Gasteiger partial charge in [-0.25, -0.2) is 0 Å². The molecular formula is C19H29NO3. The summed E-state index contributed by atoms with van der Waals surface area (Å²) in [5, 5.41) is 10.3. The quantitative estimate of drug-likeness (QED) is 0.906. The maximum atomic E-state index is 10.3. The number of hydrogen-bond acceptors (Lipinski definition) is 4. The van der Waals surface area contributed by atoms with E-state index in [1.807, 2.05) is 0 Å². The van der Waals surface area contributed by atoms with Crippen molar-refractivity contribution in [2.24, 2.45) is 5.92 Å². The first-order valence-electron chi connectivity index (χ1n) is 8.85. The van der Waals surface area contributed by atoms with E-state index in [-0.39, 0.29) is 12.0 Å². The van der Waals surface area contributed by atoms with Gasteiger partial charge in [0.25, 0.3) is 0 Å². The fourth-order valence-corrected chi connectivity index (χ4v) is 3.87. The Kier molecular flexibility index (Phi) is 5.57. The molecule has 2 fully saturated rings. The van der Waals surface area contributed by atoms with E-state index in [9.17, 15) is 5.11 Å². The molecule has 1 N–H and O–H groups in total. The molecule has 23 heavy (non-hydrogen) atoms. The normalized spacial score (nSPS) is 28.9. The molecule has 3 rings (SSSR count). The van der Waals surface area contributed by atoms with Crippen LogP contribution in [0.4, 0.5) is 0 Å². The van der Waals surface area contributed by atoms with Crippen LogP contribution in [0.3, 0.4) is 0 Å². The Morgan fingerprint density at radius 1 is 1.30 bits per heavy atom. The fourth-order valence-electron chi connectivity index (χ4n) is 3.87. The van der Waals surface area contributed by atoms with Crippen molar-refractivity contribution >= 4 is 0 Å². The molecule has 0 saturated carbocycles. The second-order valence-electron chi connectivity index (χ2n) is 6.96. The van der Waals surface area contributed by atoms with E-state index >= 15 is 0 Å². The van der Waals surface area contributed by atoms with Crippen LogP contribution < -0.4 is 4.74 Å². The average Bonchev–Trinajstić information content (AvgIpc) is 2.99. The third kappa shape index (κ3) is 4.06. The summed E-state index contributed by atoms with van der Waals surface area (Å²) in [6, 6.07) is 6.77. The summed E-state index contributed by atoms with van der Waals surface area (Å²) in [4.78, 5) is 2.48. The van der Waals surface area contributed by atoms with Crippen LogP contribution >= 0.6 is 0 Å². The molecule has 3 atom stereocenters. The predicted molar refractivity (Wildman–Crippen MR) is 90.9 cm³/mol.